The minimum atomic E-state index is 0.972. The molecule has 0 aliphatic carbocycles. The summed E-state index contributed by atoms with van der Waals surface area (Å²) in [6.07, 6.45) is 1.05. The van der Waals surface area contributed by atoms with Crippen LogP contribution in [0.4, 0.5) is 0 Å². The highest BCUT2D eigenvalue weighted by atomic mass is 32.1. The molecule has 0 spiro atoms. The van der Waals surface area contributed by atoms with E-state index in [1.165, 1.54) is 37.5 Å². The van der Waals surface area contributed by atoms with E-state index in [0.29, 0.717) is 0 Å². The van der Waals surface area contributed by atoms with Crippen LogP contribution in [0, 0.1) is 6.92 Å². The minimum absolute atomic E-state index is 0.972. The third kappa shape index (κ3) is 1.86. The molecule has 0 saturated carbocycles. The summed E-state index contributed by atoms with van der Waals surface area (Å²) in [7, 11) is 0. The molecule has 1 aliphatic rings. The van der Waals surface area contributed by atoms with Crippen LogP contribution in [0.25, 0.3) is 21.3 Å². The Morgan fingerprint density at radius 2 is 2.05 bits per heavy atom. The summed E-state index contributed by atoms with van der Waals surface area (Å²) in [6.45, 7) is 4.23. The maximum absolute atomic E-state index is 4.87. The lowest BCUT2D eigenvalue weighted by Crippen LogP contribution is -2.22. The van der Waals surface area contributed by atoms with E-state index in [4.69, 9.17) is 4.98 Å². The fourth-order valence-corrected chi connectivity index (χ4v) is 4.06. The molecule has 0 fully saturated rings. The molecule has 2 nitrogen and oxygen atoms in total. The zero-order valence-electron chi connectivity index (χ0n) is 11.4. The summed E-state index contributed by atoms with van der Waals surface area (Å²) in [5, 5.41) is 7.22. The van der Waals surface area contributed by atoms with Gasteiger partial charge in [0.25, 0.3) is 0 Å². The topological polar surface area (TPSA) is 24.9 Å². The van der Waals surface area contributed by atoms with Gasteiger partial charge in [-0.15, -0.1) is 11.3 Å². The summed E-state index contributed by atoms with van der Waals surface area (Å²) < 4.78 is 0. The van der Waals surface area contributed by atoms with Crippen LogP contribution < -0.4 is 5.32 Å². The molecule has 1 aromatic heterocycles. The number of nitrogens with one attached hydrogen (secondary N) is 1. The standard InChI is InChI=1S/C17H16N2S/c1-11-13-5-3-2-4-12(13)6-7-14(11)17-19-15-8-9-18-10-16(15)20-17/h2-7,18H,8-10H2,1H3. The van der Waals surface area contributed by atoms with Crippen molar-refractivity contribution in [1.82, 2.24) is 10.3 Å². The molecule has 3 heteroatoms. The van der Waals surface area contributed by atoms with Crippen LogP contribution >= 0.6 is 11.3 Å². The van der Waals surface area contributed by atoms with E-state index in [1.54, 1.807) is 0 Å². The quantitative estimate of drug-likeness (QED) is 0.731. The maximum atomic E-state index is 4.87. The van der Waals surface area contributed by atoms with E-state index in [9.17, 15) is 0 Å². The Morgan fingerprint density at radius 1 is 1.15 bits per heavy atom. The van der Waals surface area contributed by atoms with Crippen molar-refractivity contribution in [1.29, 1.82) is 0 Å². The first-order valence-electron chi connectivity index (χ1n) is 7.01. The molecule has 100 valence electrons. The lowest BCUT2D eigenvalue weighted by Gasteiger charge is -2.09. The van der Waals surface area contributed by atoms with Crippen molar-refractivity contribution in [3.05, 3.63) is 52.5 Å². The molecule has 3 aromatic rings. The average molecular weight is 280 g/mol. The first-order chi connectivity index (χ1) is 9.83. The summed E-state index contributed by atoms with van der Waals surface area (Å²) in [6, 6.07) is 13.0. The zero-order valence-corrected chi connectivity index (χ0v) is 12.3. The molecule has 0 atom stereocenters. The number of hydrogen-bond acceptors (Lipinski definition) is 3. The second kappa shape index (κ2) is 4.69. The van der Waals surface area contributed by atoms with E-state index in [0.717, 1.165) is 19.5 Å². The van der Waals surface area contributed by atoms with Crippen molar-refractivity contribution < 1.29 is 0 Å². The smallest absolute Gasteiger partial charge is 0.124 e. The number of benzene rings is 2. The second-order valence-electron chi connectivity index (χ2n) is 5.27. The molecule has 2 heterocycles. The van der Waals surface area contributed by atoms with Gasteiger partial charge in [-0.25, -0.2) is 4.98 Å². The van der Waals surface area contributed by atoms with Crippen LogP contribution in [-0.4, -0.2) is 11.5 Å². The molecule has 1 N–H and O–H groups in total. The highest BCUT2D eigenvalue weighted by Gasteiger charge is 2.17. The van der Waals surface area contributed by atoms with E-state index in [2.05, 4.69) is 48.6 Å². The third-order valence-electron chi connectivity index (χ3n) is 4.03. The minimum Gasteiger partial charge on any atom is -0.311 e. The van der Waals surface area contributed by atoms with Gasteiger partial charge in [-0.3, -0.25) is 0 Å². The molecule has 0 bridgehead atoms. The van der Waals surface area contributed by atoms with Crippen molar-refractivity contribution >= 4 is 22.1 Å². The van der Waals surface area contributed by atoms with Crippen LogP contribution in [0.1, 0.15) is 16.1 Å². The van der Waals surface area contributed by atoms with Crippen LogP contribution in [0.5, 0.6) is 0 Å². The molecular weight excluding hydrogens is 264 g/mol. The van der Waals surface area contributed by atoms with Gasteiger partial charge in [0, 0.05) is 30.0 Å². The van der Waals surface area contributed by atoms with Gasteiger partial charge in [0.15, 0.2) is 0 Å². The molecule has 2 aromatic carbocycles. The molecule has 0 unspecified atom stereocenters. The lowest BCUT2D eigenvalue weighted by molar-refractivity contribution is 0.644. The molecule has 0 radical (unpaired) electrons. The molecule has 0 saturated heterocycles. The van der Waals surface area contributed by atoms with E-state index in [1.807, 2.05) is 11.3 Å². The van der Waals surface area contributed by atoms with Gasteiger partial charge >= 0.3 is 0 Å². The summed E-state index contributed by atoms with van der Waals surface area (Å²) in [5.41, 5.74) is 3.90. The number of aromatic nitrogens is 1. The Hall–Kier alpha value is -1.71. The van der Waals surface area contributed by atoms with Crippen LogP contribution in [-0.2, 0) is 13.0 Å². The predicted molar refractivity (Wildman–Crippen MR) is 85.2 cm³/mol. The first kappa shape index (κ1) is 12.1. The van der Waals surface area contributed by atoms with Gasteiger partial charge in [0.1, 0.15) is 5.01 Å². The van der Waals surface area contributed by atoms with E-state index >= 15 is 0 Å². The van der Waals surface area contributed by atoms with Gasteiger partial charge in [-0.1, -0.05) is 36.4 Å². The zero-order chi connectivity index (χ0) is 13.5. The largest absolute Gasteiger partial charge is 0.311 e. The van der Waals surface area contributed by atoms with E-state index < -0.39 is 0 Å². The summed E-state index contributed by atoms with van der Waals surface area (Å²) in [4.78, 5) is 6.27. The highest BCUT2D eigenvalue weighted by molar-refractivity contribution is 7.15. The maximum Gasteiger partial charge on any atom is 0.124 e. The van der Waals surface area contributed by atoms with Crippen LogP contribution in [0.3, 0.4) is 0 Å². The Balaban J connectivity index is 1.89. The van der Waals surface area contributed by atoms with Crippen molar-refractivity contribution in [2.45, 2.75) is 19.9 Å². The molecular formula is C17H16N2S. The van der Waals surface area contributed by atoms with E-state index in [-0.39, 0.29) is 0 Å². The normalized spacial score (nSPS) is 14.4. The van der Waals surface area contributed by atoms with Gasteiger partial charge in [0.05, 0.1) is 5.69 Å². The lowest BCUT2D eigenvalue weighted by atomic mass is 10.0. The van der Waals surface area contributed by atoms with Gasteiger partial charge < -0.3 is 5.32 Å². The fourth-order valence-electron chi connectivity index (χ4n) is 2.90. The van der Waals surface area contributed by atoms with Gasteiger partial charge in [0.2, 0.25) is 0 Å². The number of nitrogens with zero attached hydrogens (tertiary/aromatic N) is 1. The van der Waals surface area contributed by atoms with Crippen molar-refractivity contribution in [2.75, 3.05) is 6.54 Å². The number of aryl methyl sites for hydroxylation is 1. The average Bonchev–Trinajstić information content (AvgIpc) is 2.91. The summed E-state index contributed by atoms with van der Waals surface area (Å²) in [5.74, 6) is 0. The molecule has 1 aliphatic heterocycles. The van der Waals surface area contributed by atoms with Crippen LogP contribution in [0.15, 0.2) is 36.4 Å². The Morgan fingerprint density at radius 3 is 2.95 bits per heavy atom. The number of fused-ring (bicyclic) bond motifs is 2. The third-order valence-corrected chi connectivity index (χ3v) is 5.16. The molecule has 20 heavy (non-hydrogen) atoms. The Bertz CT molecular complexity index is 765. The predicted octanol–water partition coefficient (Wildman–Crippen LogP) is 3.92. The van der Waals surface area contributed by atoms with Gasteiger partial charge in [-0.2, -0.15) is 0 Å². The fraction of sp³-hybridized carbons (Fsp3) is 0.235. The molecule has 0 amide bonds. The van der Waals surface area contributed by atoms with Crippen molar-refractivity contribution in [3.8, 4) is 10.6 Å². The SMILES string of the molecule is Cc1c(-c2nc3c(s2)CNCC3)ccc2ccccc12. The molecule has 4 rings (SSSR count). The number of hydrogen-bond donors (Lipinski definition) is 1. The monoisotopic (exact) mass is 280 g/mol. The van der Waals surface area contributed by atoms with Crippen LogP contribution in [0.2, 0.25) is 0 Å². The second-order valence-corrected chi connectivity index (χ2v) is 6.36. The highest BCUT2D eigenvalue weighted by Crippen LogP contribution is 2.34. The Labute approximate surface area is 122 Å². The van der Waals surface area contributed by atoms with Gasteiger partial charge in [-0.05, 0) is 23.3 Å². The Kier molecular flexibility index (Phi) is 2.83. The first-order valence-corrected chi connectivity index (χ1v) is 7.82. The van der Waals surface area contributed by atoms with Crippen molar-refractivity contribution in [2.24, 2.45) is 0 Å². The number of rotatable bonds is 1. The number of thiazole rings is 1. The van der Waals surface area contributed by atoms with Crippen molar-refractivity contribution in [3.63, 3.8) is 0 Å². The summed E-state index contributed by atoms with van der Waals surface area (Å²) >= 11 is 1.84.